The van der Waals surface area contributed by atoms with Gasteiger partial charge in [0.15, 0.2) is 0 Å². The quantitative estimate of drug-likeness (QED) is 0.891. The first kappa shape index (κ1) is 12.7. The molecule has 1 fully saturated rings. The van der Waals surface area contributed by atoms with Crippen LogP contribution in [0.3, 0.4) is 0 Å². The zero-order chi connectivity index (χ0) is 13.8. The topological polar surface area (TPSA) is 58.1 Å². The molecule has 20 heavy (non-hydrogen) atoms. The molecule has 0 aromatic carbocycles. The van der Waals surface area contributed by atoms with Crippen molar-refractivity contribution in [3.05, 3.63) is 60.2 Å². The molecule has 1 aliphatic rings. The molecule has 0 radical (unpaired) electrons. The average molecular weight is 268 g/mol. The van der Waals surface area contributed by atoms with E-state index in [1.807, 2.05) is 23.2 Å². The molecule has 3 heterocycles. The van der Waals surface area contributed by atoms with Crippen molar-refractivity contribution in [2.45, 2.75) is 6.04 Å². The molecule has 3 rings (SSSR count). The van der Waals surface area contributed by atoms with E-state index in [2.05, 4.69) is 15.3 Å². The molecule has 5 nitrogen and oxygen atoms in total. The lowest BCUT2D eigenvalue weighted by molar-refractivity contribution is 0.0634. The molecule has 0 bridgehead atoms. The van der Waals surface area contributed by atoms with Crippen molar-refractivity contribution in [1.29, 1.82) is 0 Å². The van der Waals surface area contributed by atoms with Crippen LogP contribution in [-0.4, -0.2) is 40.4 Å². The number of carbonyl (C=O) groups excluding carboxylic acids is 1. The fourth-order valence-corrected chi connectivity index (χ4v) is 2.48. The van der Waals surface area contributed by atoms with Crippen molar-refractivity contribution in [2.24, 2.45) is 0 Å². The fourth-order valence-electron chi connectivity index (χ4n) is 2.48. The van der Waals surface area contributed by atoms with Gasteiger partial charge < -0.3 is 10.2 Å². The van der Waals surface area contributed by atoms with Crippen molar-refractivity contribution < 1.29 is 4.79 Å². The molecule has 1 N–H and O–H groups in total. The van der Waals surface area contributed by atoms with Crippen molar-refractivity contribution in [1.82, 2.24) is 20.2 Å². The Bertz CT molecular complexity index is 573. The van der Waals surface area contributed by atoms with Gasteiger partial charge in [-0.15, -0.1) is 0 Å². The second kappa shape index (κ2) is 5.79. The lowest BCUT2D eigenvalue weighted by atomic mass is 10.0. The van der Waals surface area contributed by atoms with E-state index in [-0.39, 0.29) is 11.9 Å². The first-order valence-electron chi connectivity index (χ1n) is 6.68. The minimum atomic E-state index is 0.0260. The normalized spacial score (nSPS) is 18.8. The number of nitrogens with one attached hydrogen (secondary N) is 1. The van der Waals surface area contributed by atoms with E-state index in [0.717, 1.165) is 18.7 Å². The van der Waals surface area contributed by atoms with Crippen LogP contribution >= 0.6 is 0 Å². The van der Waals surface area contributed by atoms with Crippen LogP contribution in [0.15, 0.2) is 49.1 Å². The van der Waals surface area contributed by atoms with Crippen LogP contribution in [0.4, 0.5) is 0 Å². The van der Waals surface area contributed by atoms with Gasteiger partial charge in [-0.05, 0) is 23.8 Å². The van der Waals surface area contributed by atoms with Gasteiger partial charge in [0.25, 0.3) is 5.91 Å². The standard InChI is InChI=1S/C15H16N4O/c20-15(12-3-6-16-7-4-12)19-9-8-18-11-14(19)13-2-1-5-17-10-13/h1-7,10,14,18H,8-9,11H2. The van der Waals surface area contributed by atoms with E-state index in [0.29, 0.717) is 12.1 Å². The fraction of sp³-hybridized carbons (Fsp3) is 0.267. The summed E-state index contributed by atoms with van der Waals surface area (Å²) in [6.07, 6.45) is 6.86. The molecule has 1 atom stereocenters. The molecule has 0 aliphatic carbocycles. The number of hydrogen-bond acceptors (Lipinski definition) is 4. The summed E-state index contributed by atoms with van der Waals surface area (Å²) in [5, 5.41) is 3.34. The van der Waals surface area contributed by atoms with E-state index in [9.17, 15) is 4.79 Å². The number of nitrogens with zero attached hydrogens (tertiary/aromatic N) is 3. The van der Waals surface area contributed by atoms with Crippen LogP contribution in [0, 0.1) is 0 Å². The van der Waals surface area contributed by atoms with Crippen molar-refractivity contribution in [3.8, 4) is 0 Å². The Morgan fingerprint density at radius 3 is 2.80 bits per heavy atom. The Labute approximate surface area is 117 Å². The van der Waals surface area contributed by atoms with Crippen molar-refractivity contribution in [3.63, 3.8) is 0 Å². The number of piperazine rings is 1. The summed E-state index contributed by atoms with van der Waals surface area (Å²) in [4.78, 5) is 22.6. The molecular weight excluding hydrogens is 252 g/mol. The number of amides is 1. The summed E-state index contributed by atoms with van der Waals surface area (Å²) in [6, 6.07) is 7.45. The maximum absolute atomic E-state index is 12.6. The molecular formula is C15H16N4O. The number of carbonyl (C=O) groups is 1. The first-order valence-corrected chi connectivity index (χ1v) is 6.68. The van der Waals surface area contributed by atoms with Crippen LogP contribution in [0.2, 0.25) is 0 Å². The average Bonchev–Trinajstić information content (AvgIpc) is 2.56. The Morgan fingerprint density at radius 1 is 1.20 bits per heavy atom. The molecule has 0 spiro atoms. The molecule has 1 aliphatic heterocycles. The van der Waals surface area contributed by atoms with Gasteiger partial charge in [-0.1, -0.05) is 6.07 Å². The highest BCUT2D eigenvalue weighted by molar-refractivity contribution is 5.94. The third-order valence-corrected chi connectivity index (χ3v) is 3.50. The highest BCUT2D eigenvalue weighted by Crippen LogP contribution is 2.23. The Morgan fingerprint density at radius 2 is 2.05 bits per heavy atom. The predicted octanol–water partition coefficient (Wildman–Crippen LogP) is 1.26. The summed E-state index contributed by atoms with van der Waals surface area (Å²) in [6.45, 7) is 2.26. The highest BCUT2D eigenvalue weighted by Gasteiger charge is 2.28. The molecule has 5 heteroatoms. The predicted molar refractivity (Wildman–Crippen MR) is 75.1 cm³/mol. The van der Waals surface area contributed by atoms with Crippen molar-refractivity contribution in [2.75, 3.05) is 19.6 Å². The molecule has 1 amide bonds. The lowest BCUT2D eigenvalue weighted by Gasteiger charge is -2.36. The van der Waals surface area contributed by atoms with Gasteiger partial charge >= 0.3 is 0 Å². The third-order valence-electron chi connectivity index (χ3n) is 3.50. The summed E-state index contributed by atoms with van der Waals surface area (Å²) < 4.78 is 0. The van der Waals surface area contributed by atoms with Gasteiger partial charge in [-0.2, -0.15) is 0 Å². The molecule has 0 saturated carbocycles. The molecule has 2 aromatic heterocycles. The van der Waals surface area contributed by atoms with Crippen LogP contribution in [-0.2, 0) is 0 Å². The van der Waals surface area contributed by atoms with Crippen molar-refractivity contribution >= 4 is 5.91 Å². The second-order valence-corrected chi connectivity index (χ2v) is 4.74. The van der Waals surface area contributed by atoms with Gasteiger partial charge in [-0.3, -0.25) is 14.8 Å². The van der Waals surface area contributed by atoms with E-state index in [4.69, 9.17) is 0 Å². The molecule has 1 unspecified atom stereocenters. The Kier molecular flexibility index (Phi) is 3.69. The van der Waals surface area contributed by atoms with Gasteiger partial charge in [-0.25, -0.2) is 0 Å². The first-order chi connectivity index (χ1) is 9.86. The van der Waals surface area contributed by atoms with Gasteiger partial charge in [0.05, 0.1) is 6.04 Å². The maximum atomic E-state index is 12.6. The monoisotopic (exact) mass is 268 g/mol. The Hall–Kier alpha value is -2.27. The van der Waals surface area contributed by atoms with Crippen LogP contribution in [0.1, 0.15) is 22.0 Å². The number of aromatic nitrogens is 2. The lowest BCUT2D eigenvalue weighted by Crippen LogP contribution is -2.48. The Balaban J connectivity index is 1.88. The van der Waals surface area contributed by atoms with Crippen LogP contribution in [0.5, 0.6) is 0 Å². The van der Waals surface area contributed by atoms with E-state index in [1.54, 1.807) is 30.7 Å². The van der Waals surface area contributed by atoms with E-state index >= 15 is 0 Å². The number of rotatable bonds is 2. The largest absolute Gasteiger partial charge is 0.329 e. The maximum Gasteiger partial charge on any atom is 0.254 e. The van der Waals surface area contributed by atoms with Gasteiger partial charge in [0.1, 0.15) is 0 Å². The van der Waals surface area contributed by atoms with Gasteiger partial charge in [0.2, 0.25) is 0 Å². The minimum absolute atomic E-state index is 0.0260. The smallest absolute Gasteiger partial charge is 0.254 e. The summed E-state index contributed by atoms with van der Waals surface area (Å²) in [5.41, 5.74) is 1.73. The second-order valence-electron chi connectivity index (χ2n) is 4.74. The zero-order valence-electron chi connectivity index (χ0n) is 11.1. The van der Waals surface area contributed by atoms with Crippen LogP contribution < -0.4 is 5.32 Å². The minimum Gasteiger partial charge on any atom is -0.329 e. The van der Waals surface area contributed by atoms with Gasteiger partial charge in [0, 0.05) is 50.0 Å². The molecule has 2 aromatic rings. The number of hydrogen-bond donors (Lipinski definition) is 1. The molecule has 102 valence electrons. The summed E-state index contributed by atoms with van der Waals surface area (Å²) in [5.74, 6) is 0.0442. The summed E-state index contributed by atoms with van der Waals surface area (Å²) in [7, 11) is 0. The number of pyridine rings is 2. The molecule has 1 saturated heterocycles. The zero-order valence-corrected chi connectivity index (χ0v) is 11.1. The highest BCUT2D eigenvalue weighted by atomic mass is 16.2. The SMILES string of the molecule is O=C(c1ccncc1)N1CCNCC1c1cccnc1. The van der Waals surface area contributed by atoms with E-state index in [1.165, 1.54) is 0 Å². The van der Waals surface area contributed by atoms with Crippen LogP contribution in [0.25, 0.3) is 0 Å². The summed E-state index contributed by atoms with van der Waals surface area (Å²) >= 11 is 0. The van der Waals surface area contributed by atoms with E-state index < -0.39 is 0 Å². The third kappa shape index (κ3) is 2.53.